The van der Waals surface area contributed by atoms with E-state index in [9.17, 15) is 4.79 Å². The van der Waals surface area contributed by atoms with E-state index in [4.69, 9.17) is 4.74 Å². The number of nitrogens with one attached hydrogen (secondary N) is 1. The first kappa shape index (κ1) is 14.4. The van der Waals surface area contributed by atoms with Gasteiger partial charge >= 0.3 is 6.09 Å². The molecule has 0 radical (unpaired) electrons. The van der Waals surface area contributed by atoms with Crippen LogP contribution in [0.15, 0.2) is 6.20 Å². The maximum Gasteiger partial charge on any atom is 0.409 e. The van der Waals surface area contributed by atoms with Crippen LogP contribution in [0.1, 0.15) is 12.5 Å². The van der Waals surface area contributed by atoms with E-state index in [1.807, 2.05) is 20.0 Å². The summed E-state index contributed by atoms with van der Waals surface area (Å²) in [5.74, 6) is 1.53. The molecule has 0 unspecified atom stereocenters. The summed E-state index contributed by atoms with van der Waals surface area (Å²) in [5.41, 5.74) is 1.04. The Bertz CT molecular complexity index is 472. The Labute approximate surface area is 118 Å². The number of carbonyl (C=O) groups is 1. The van der Waals surface area contributed by atoms with Gasteiger partial charge in [0.1, 0.15) is 5.82 Å². The summed E-state index contributed by atoms with van der Waals surface area (Å²) in [4.78, 5) is 24.2. The number of nitrogens with zero attached hydrogens (tertiary/aromatic N) is 4. The lowest BCUT2D eigenvalue weighted by Gasteiger charge is -2.35. The van der Waals surface area contributed by atoms with E-state index in [0.717, 1.165) is 24.5 Å². The van der Waals surface area contributed by atoms with Crippen molar-refractivity contribution in [3.8, 4) is 0 Å². The highest BCUT2D eigenvalue weighted by atomic mass is 16.6. The second-order valence-electron chi connectivity index (χ2n) is 4.62. The Morgan fingerprint density at radius 2 is 2.10 bits per heavy atom. The molecule has 0 atom stereocenters. The Hall–Kier alpha value is -2.05. The topological polar surface area (TPSA) is 70.6 Å². The smallest absolute Gasteiger partial charge is 0.409 e. The van der Waals surface area contributed by atoms with Crippen LogP contribution >= 0.6 is 0 Å². The summed E-state index contributed by atoms with van der Waals surface area (Å²) in [7, 11) is 1.80. The second-order valence-corrected chi connectivity index (χ2v) is 4.62. The third-order valence-electron chi connectivity index (χ3n) is 3.27. The summed E-state index contributed by atoms with van der Waals surface area (Å²) in [5, 5.41) is 2.94. The van der Waals surface area contributed by atoms with Gasteiger partial charge in [-0.15, -0.1) is 0 Å². The SMILES string of the molecule is CCOC(=O)N1CCN(c2nc(NC)ncc2C)CC1. The number of amides is 1. The first-order valence-corrected chi connectivity index (χ1v) is 6.83. The van der Waals surface area contributed by atoms with Crippen molar-refractivity contribution in [3.63, 3.8) is 0 Å². The zero-order valence-electron chi connectivity index (χ0n) is 12.2. The number of hydrogen-bond acceptors (Lipinski definition) is 6. The van der Waals surface area contributed by atoms with Gasteiger partial charge < -0.3 is 19.9 Å². The van der Waals surface area contributed by atoms with Gasteiger partial charge in [-0.25, -0.2) is 9.78 Å². The molecular weight excluding hydrogens is 258 g/mol. The summed E-state index contributed by atoms with van der Waals surface area (Å²) in [6, 6.07) is 0. The van der Waals surface area contributed by atoms with Crippen molar-refractivity contribution >= 4 is 17.9 Å². The monoisotopic (exact) mass is 279 g/mol. The van der Waals surface area contributed by atoms with E-state index in [1.54, 1.807) is 11.9 Å². The molecular formula is C13H21N5O2. The first-order valence-electron chi connectivity index (χ1n) is 6.83. The van der Waals surface area contributed by atoms with Gasteiger partial charge in [-0.1, -0.05) is 0 Å². The lowest BCUT2D eigenvalue weighted by Crippen LogP contribution is -2.49. The van der Waals surface area contributed by atoms with Crippen LogP contribution in [0.2, 0.25) is 0 Å². The average Bonchev–Trinajstić information content (AvgIpc) is 2.48. The third kappa shape index (κ3) is 3.09. The van der Waals surface area contributed by atoms with Gasteiger partial charge in [-0.3, -0.25) is 0 Å². The van der Waals surface area contributed by atoms with Crippen LogP contribution < -0.4 is 10.2 Å². The van der Waals surface area contributed by atoms with Gasteiger partial charge in [0.2, 0.25) is 5.95 Å². The summed E-state index contributed by atoms with van der Waals surface area (Å²) < 4.78 is 5.02. The number of aromatic nitrogens is 2. The molecule has 20 heavy (non-hydrogen) atoms. The zero-order valence-corrected chi connectivity index (χ0v) is 12.2. The van der Waals surface area contributed by atoms with Crippen LogP contribution in [0.4, 0.5) is 16.6 Å². The highest BCUT2D eigenvalue weighted by Gasteiger charge is 2.23. The molecule has 1 aromatic rings. The van der Waals surface area contributed by atoms with E-state index in [-0.39, 0.29) is 6.09 Å². The molecule has 1 saturated heterocycles. The second kappa shape index (κ2) is 6.40. The predicted octanol–water partition coefficient (Wildman–Crippen LogP) is 1.11. The van der Waals surface area contributed by atoms with Gasteiger partial charge in [0.25, 0.3) is 0 Å². The van der Waals surface area contributed by atoms with Crippen molar-refractivity contribution in [1.82, 2.24) is 14.9 Å². The molecule has 7 heteroatoms. The minimum Gasteiger partial charge on any atom is -0.450 e. The van der Waals surface area contributed by atoms with Gasteiger partial charge in [0.15, 0.2) is 0 Å². The average molecular weight is 279 g/mol. The van der Waals surface area contributed by atoms with Crippen LogP contribution in [-0.2, 0) is 4.74 Å². The fourth-order valence-electron chi connectivity index (χ4n) is 2.19. The number of ether oxygens (including phenoxy) is 1. The normalized spacial score (nSPS) is 15.2. The molecule has 0 aliphatic carbocycles. The molecule has 1 aliphatic rings. The van der Waals surface area contributed by atoms with Gasteiger partial charge in [0, 0.05) is 45.0 Å². The minimum absolute atomic E-state index is 0.234. The Balaban J connectivity index is 2.02. The lowest BCUT2D eigenvalue weighted by atomic mass is 10.2. The van der Waals surface area contributed by atoms with E-state index in [1.165, 1.54) is 0 Å². The van der Waals surface area contributed by atoms with E-state index < -0.39 is 0 Å². The maximum absolute atomic E-state index is 11.7. The molecule has 1 aliphatic heterocycles. The number of aryl methyl sites for hydroxylation is 1. The molecule has 0 spiro atoms. The number of anilines is 2. The molecule has 110 valence electrons. The standard InChI is InChI=1S/C13H21N5O2/c1-4-20-13(19)18-7-5-17(6-8-18)11-10(2)9-15-12(14-3)16-11/h9H,4-8H2,1-3H3,(H,14,15,16). The van der Waals surface area contributed by atoms with Crippen LogP contribution in [0.25, 0.3) is 0 Å². The van der Waals surface area contributed by atoms with Crippen LogP contribution in [0.5, 0.6) is 0 Å². The molecule has 1 aromatic heterocycles. The summed E-state index contributed by atoms with van der Waals surface area (Å²) in [6.07, 6.45) is 1.58. The van der Waals surface area contributed by atoms with Crippen LogP contribution in [0, 0.1) is 6.92 Å². The third-order valence-corrected chi connectivity index (χ3v) is 3.27. The minimum atomic E-state index is -0.234. The first-order chi connectivity index (χ1) is 9.65. The number of hydrogen-bond donors (Lipinski definition) is 1. The molecule has 7 nitrogen and oxygen atoms in total. The largest absolute Gasteiger partial charge is 0.450 e. The van der Waals surface area contributed by atoms with Gasteiger partial charge in [-0.05, 0) is 13.8 Å². The summed E-state index contributed by atoms with van der Waals surface area (Å²) in [6.45, 7) is 7.02. The highest BCUT2D eigenvalue weighted by molar-refractivity contribution is 5.68. The molecule has 1 N–H and O–H groups in total. The molecule has 0 aromatic carbocycles. The van der Waals surface area contributed by atoms with Crippen molar-refractivity contribution in [3.05, 3.63) is 11.8 Å². The van der Waals surface area contributed by atoms with E-state index in [2.05, 4.69) is 20.2 Å². The Morgan fingerprint density at radius 3 is 2.70 bits per heavy atom. The predicted molar refractivity (Wildman–Crippen MR) is 77.1 cm³/mol. The molecule has 0 bridgehead atoms. The molecule has 1 amide bonds. The maximum atomic E-state index is 11.7. The van der Waals surface area contributed by atoms with Gasteiger partial charge in [0.05, 0.1) is 6.61 Å². The van der Waals surface area contributed by atoms with Crippen LogP contribution in [-0.4, -0.2) is 60.8 Å². The van der Waals surface area contributed by atoms with Crippen molar-refractivity contribution in [2.75, 3.05) is 50.1 Å². The number of piperazine rings is 1. The number of rotatable bonds is 3. The fourth-order valence-corrected chi connectivity index (χ4v) is 2.19. The van der Waals surface area contributed by atoms with Crippen molar-refractivity contribution in [2.45, 2.75) is 13.8 Å². The van der Waals surface area contributed by atoms with Gasteiger partial charge in [-0.2, -0.15) is 4.98 Å². The van der Waals surface area contributed by atoms with E-state index in [0.29, 0.717) is 25.6 Å². The quantitative estimate of drug-likeness (QED) is 0.893. The molecule has 0 saturated carbocycles. The fraction of sp³-hybridized carbons (Fsp3) is 0.615. The highest BCUT2D eigenvalue weighted by Crippen LogP contribution is 2.19. The molecule has 2 heterocycles. The Morgan fingerprint density at radius 1 is 1.40 bits per heavy atom. The number of carbonyl (C=O) groups excluding carboxylic acids is 1. The van der Waals surface area contributed by atoms with E-state index >= 15 is 0 Å². The molecule has 1 fully saturated rings. The van der Waals surface area contributed by atoms with Crippen molar-refractivity contribution in [2.24, 2.45) is 0 Å². The lowest BCUT2D eigenvalue weighted by molar-refractivity contribution is 0.105. The summed E-state index contributed by atoms with van der Waals surface area (Å²) >= 11 is 0. The van der Waals surface area contributed by atoms with Crippen LogP contribution in [0.3, 0.4) is 0 Å². The molecule has 2 rings (SSSR count). The Kier molecular flexibility index (Phi) is 4.60. The zero-order chi connectivity index (χ0) is 14.5. The van der Waals surface area contributed by atoms with Crippen molar-refractivity contribution in [1.29, 1.82) is 0 Å². The van der Waals surface area contributed by atoms with Crippen molar-refractivity contribution < 1.29 is 9.53 Å².